The van der Waals surface area contributed by atoms with Gasteiger partial charge in [0.1, 0.15) is 5.82 Å². The number of aromatic nitrogens is 2. The van der Waals surface area contributed by atoms with E-state index in [2.05, 4.69) is 37.1 Å². The lowest BCUT2D eigenvalue weighted by atomic mass is 10.2. The molecule has 0 atom stereocenters. The van der Waals surface area contributed by atoms with Gasteiger partial charge in [0.05, 0.1) is 13.7 Å². The number of hydrogen-bond acceptors (Lipinski definition) is 4. The van der Waals surface area contributed by atoms with Crippen molar-refractivity contribution in [1.29, 1.82) is 0 Å². The van der Waals surface area contributed by atoms with Crippen LogP contribution in [-0.4, -0.2) is 22.8 Å². The van der Waals surface area contributed by atoms with Gasteiger partial charge in [0, 0.05) is 30.3 Å². The predicted molar refractivity (Wildman–Crippen MR) is 97.6 cm³/mol. The second-order valence-electron chi connectivity index (χ2n) is 5.50. The van der Waals surface area contributed by atoms with Gasteiger partial charge in [-0.1, -0.05) is 30.3 Å². The summed E-state index contributed by atoms with van der Waals surface area (Å²) in [7, 11) is 1.34. The van der Waals surface area contributed by atoms with Gasteiger partial charge in [-0.2, -0.15) is 0 Å². The normalized spacial score (nSPS) is 10.3. The minimum atomic E-state index is -0.483. The van der Waals surface area contributed by atoms with Crippen molar-refractivity contribution in [2.45, 2.75) is 13.1 Å². The monoisotopic (exact) mass is 336 g/mol. The molecule has 0 unspecified atom stereocenters. The molecule has 0 saturated carbocycles. The maximum absolute atomic E-state index is 11.2. The first-order valence-corrected chi connectivity index (χ1v) is 7.97. The van der Waals surface area contributed by atoms with Crippen molar-refractivity contribution in [2.75, 3.05) is 17.7 Å². The smallest absolute Gasteiger partial charge is 0.411 e. The third kappa shape index (κ3) is 4.60. The third-order valence-electron chi connectivity index (χ3n) is 3.76. The van der Waals surface area contributed by atoms with Gasteiger partial charge in [-0.15, -0.1) is 0 Å². The zero-order valence-electron chi connectivity index (χ0n) is 14.0. The quantitative estimate of drug-likeness (QED) is 0.720. The first-order valence-electron chi connectivity index (χ1n) is 7.97. The fraction of sp³-hybridized carbons (Fsp3) is 0.158. The molecular weight excluding hydrogens is 316 g/mol. The van der Waals surface area contributed by atoms with Crippen LogP contribution in [0, 0.1) is 0 Å². The summed E-state index contributed by atoms with van der Waals surface area (Å²) in [6, 6.07) is 17.7. The third-order valence-corrected chi connectivity index (χ3v) is 3.76. The van der Waals surface area contributed by atoms with Gasteiger partial charge in [0.2, 0.25) is 0 Å². The first-order chi connectivity index (χ1) is 12.2. The highest BCUT2D eigenvalue weighted by Gasteiger charge is 2.04. The summed E-state index contributed by atoms with van der Waals surface area (Å²) in [4.78, 5) is 15.6. The molecule has 0 spiro atoms. The Morgan fingerprint density at radius 3 is 2.52 bits per heavy atom. The molecule has 0 aliphatic heterocycles. The molecule has 0 saturated heterocycles. The Morgan fingerprint density at radius 1 is 1.08 bits per heavy atom. The second-order valence-corrected chi connectivity index (χ2v) is 5.50. The molecule has 6 heteroatoms. The summed E-state index contributed by atoms with van der Waals surface area (Å²) in [5.41, 5.74) is 2.87. The number of methoxy groups -OCH3 is 1. The molecular formula is C19H20N4O2. The largest absolute Gasteiger partial charge is 0.453 e. The summed E-state index contributed by atoms with van der Waals surface area (Å²) in [5, 5.41) is 5.96. The van der Waals surface area contributed by atoms with Crippen molar-refractivity contribution < 1.29 is 9.53 Å². The summed E-state index contributed by atoms with van der Waals surface area (Å²) in [6.45, 7) is 1.41. The topological polar surface area (TPSA) is 68.2 Å². The minimum Gasteiger partial charge on any atom is -0.453 e. The number of carbonyl (C=O) groups is 1. The Balaban J connectivity index is 1.59. The standard InChI is InChI=1S/C19H20N4O2/c1-25-19(24)22-17-9-7-16(8-10-17)21-13-18-20-11-12-23(18)14-15-5-3-2-4-6-15/h2-12,21H,13-14H2,1H3,(H,22,24). The van der Waals surface area contributed by atoms with Gasteiger partial charge < -0.3 is 14.6 Å². The summed E-state index contributed by atoms with van der Waals surface area (Å²) in [5.74, 6) is 0.959. The van der Waals surface area contributed by atoms with Gasteiger partial charge in [0.25, 0.3) is 0 Å². The molecule has 2 N–H and O–H groups in total. The Hall–Kier alpha value is -3.28. The number of benzene rings is 2. The highest BCUT2D eigenvalue weighted by molar-refractivity contribution is 5.84. The van der Waals surface area contributed by atoms with E-state index in [1.54, 1.807) is 0 Å². The van der Waals surface area contributed by atoms with Crippen molar-refractivity contribution in [3.63, 3.8) is 0 Å². The zero-order valence-corrected chi connectivity index (χ0v) is 14.0. The molecule has 1 aromatic heterocycles. The molecule has 2 aromatic carbocycles. The van der Waals surface area contributed by atoms with Crippen LogP contribution in [-0.2, 0) is 17.8 Å². The van der Waals surface area contributed by atoms with E-state index in [0.29, 0.717) is 12.2 Å². The molecule has 0 aliphatic carbocycles. The number of nitrogens with zero attached hydrogens (tertiary/aromatic N) is 2. The first kappa shape index (κ1) is 16.6. The summed E-state index contributed by atoms with van der Waals surface area (Å²) < 4.78 is 6.69. The fourth-order valence-corrected chi connectivity index (χ4v) is 2.45. The van der Waals surface area contributed by atoms with Crippen molar-refractivity contribution in [1.82, 2.24) is 9.55 Å². The lowest BCUT2D eigenvalue weighted by molar-refractivity contribution is 0.187. The van der Waals surface area contributed by atoms with E-state index in [-0.39, 0.29) is 0 Å². The van der Waals surface area contributed by atoms with Crippen LogP contribution in [0.1, 0.15) is 11.4 Å². The maximum atomic E-state index is 11.2. The van der Waals surface area contributed by atoms with Crippen LogP contribution in [0.2, 0.25) is 0 Å². The molecule has 3 rings (SSSR count). The lowest BCUT2D eigenvalue weighted by Crippen LogP contribution is -2.11. The van der Waals surface area contributed by atoms with E-state index >= 15 is 0 Å². The van der Waals surface area contributed by atoms with Crippen LogP contribution in [0.15, 0.2) is 67.0 Å². The molecule has 0 aliphatic rings. The van der Waals surface area contributed by atoms with Crippen LogP contribution >= 0.6 is 0 Å². The number of anilines is 2. The van der Waals surface area contributed by atoms with Crippen molar-refractivity contribution in [2.24, 2.45) is 0 Å². The van der Waals surface area contributed by atoms with E-state index in [0.717, 1.165) is 18.1 Å². The number of carbonyl (C=O) groups excluding carboxylic acids is 1. The molecule has 0 bridgehead atoms. The van der Waals surface area contributed by atoms with Crippen LogP contribution < -0.4 is 10.6 Å². The van der Waals surface area contributed by atoms with Gasteiger partial charge in [0.15, 0.2) is 0 Å². The van der Waals surface area contributed by atoms with Crippen molar-refractivity contribution in [3.05, 3.63) is 78.4 Å². The van der Waals surface area contributed by atoms with Crippen LogP contribution in [0.4, 0.5) is 16.2 Å². The van der Waals surface area contributed by atoms with E-state index in [9.17, 15) is 4.79 Å². The van der Waals surface area contributed by atoms with Crippen LogP contribution in [0.3, 0.4) is 0 Å². The van der Waals surface area contributed by atoms with E-state index in [1.807, 2.05) is 54.9 Å². The van der Waals surface area contributed by atoms with E-state index in [4.69, 9.17) is 0 Å². The summed E-state index contributed by atoms with van der Waals surface area (Å²) in [6.07, 6.45) is 3.31. The van der Waals surface area contributed by atoms with E-state index in [1.165, 1.54) is 12.7 Å². The number of ether oxygens (including phenoxy) is 1. The fourth-order valence-electron chi connectivity index (χ4n) is 2.45. The molecule has 0 fully saturated rings. The number of nitrogens with one attached hydrogen (secondary N) is 2. The molecule has 25 heavy (non-hydrogen) atoms. The van der Waals surface area contributed by atoms with Gasteiger partial charge >= 0.3 is 6.09 Å². The molecule has 3 aromatic rings. The zero-order chi connectivity index (χ0) is 17.5. The predicted octanol–water partition coefficient (Wildman–Crippen LogP) is 3.72. The Kier molecular flexibility index (Phi) is 5.31. The molecule has 1 amide bonds. The summed E-state index contributed by atoms with van der Waals surface area (Å²) >= 11 is 0. The Labute approximate surface area is 146 Å². The van der Waals surface area contributed by atoms with E-state index < -0.39 is 6.09 Å². The minimum absolute atomic E-state index is 0.483. The van der Waals surface area contributed by atoms with Gasteiger partial charge in [-0.25, -0.2) is 9.78 Å². The number of amides is 1. The SMILES string of the molecule is COC(=O)Nc1ccc(NCc2nccn2Cc2ccccc2)cc1. The molecule has 1 heterocycles. The number of imidazole rings is 1. The number of rotatable bonds is 6. The average Bonchev–Trinajstić information content (AvgIpc) is 3.09. The highest BCUT2D eigenvalue weighted by atomic mass is 16.5. The van der Waals surface area contributed by atoms with Gasteiger partial charge in [-0.05, 0) is 29.8 Å². The maximum Gasteiger partial charge on any atom is 0.411 e. The average molecular weight is 336 g/mol. The van der Waals surface area contributed by atoms with Crippen molar-refractivity contribution >= 4 is 17.5 Å². The number of hydrogen-bond donors (Lipinski definition) is 2. The molecule has 6 nitrogen and oxygen atoms in total. The van der Waals surface area contributed by atoms with Gasteiger partial charge in [-0.3, -0.25) is 5.32 Å². The van der Waals surface area contributed by atoms with Crippen molar-refractivity contribution in [3.8, 4) is 0 Å². The lowest BCUT2D eigenvalue weighted by Gasteiger charge is -2.10. The Morgan fingerprint density at radius 2 is 1.80 bits per heavy atom. The second kappa shape index (κ2) is 8.01. The van der Waals surface area contributed by atoms with Crippen LogP contribution in [0.25, 0.3) is 0 Å². The van der Waals surface area contributed by atoms with Crippen LogP contribution in [0.5, 0.6) is 0 Å². The Bertz CT molecular complexity index is 813. The molecule has 0 radical (unpaired) electrons. The highest BCUT2D eigenvalue weighted by Crippen LogP contribution is 2.15. The molecule has 128 valence electrons.